The minimum Gasteiger partial charge on any atom is -0.488 e. The summed E-state index contributed by atoms with van der Waals surface area (Å²) in [5, 5.41) is 9.94. The second-order valence-corrected chi connectivity index (χ2v) is 8.02. The van der Waals surface area contributed by atoms with Crippen LogP contribution in [0.25, 0.3) is 11.1 Å². The van der Waals surface area contributed by atoms with Crippen molar-refractivity contribution < 1.29 is 23.4 Å². The SMILES string of the molecule is Nc1ccc(C2=C(c3cc(Cl)ccc3OCc3ccc(F)cc3F)CCC2)cc1C(=O)O. The third kappa shape index (κ3) is 4.46. The molecule has 0 aliphatic heterocycles. The van der Waals surface area contributed by atoms with E-state index in [1.54, 1.807) is 36.4 Å². The second kappa shape index (κ2) is 9.01. The van der Waals surface area contributed by atoms with Crippen LogP contribution in [0.1, 0.15) is 46.3 Å². The van der Waals surface area contributed by atoms with E-state index in [0.717, 1.165) is 47.6 Å². The molecule has 0 saturated carbocycles. The molecule has 3 aromatic carbocycles. The number of carboxylic acids is 1. The predicted molar refractivity (Wildman–Crippen MR) is 121 cm³/mol. The number of halogens is 3. The lowest BCUT2D eigenvalue weighted by atomic mass is 9.95. The molecule has 0 spiro atoms. The van der Waals surface area contributed by atoms with Gasteiger partial charge in [0.05, 0.1) is 5.56 Å². The molecule has 0 aromatic heterocycles. The van der Waals surface area contributed by atoms with E-state index in [1.165, 1.54) is 12.1 Å². The number of nitrogen functional groups attached to an aromatic ring is 1. The second-order valence-electron chi connectivity index (χ2n) is 7.58. The summed E-state index contributed by atoms with van der Waals surface area (Å²) < 4.78 is 33.1. The Bertz CT molecular complexity index is 1240. The maximum absolute atomic E-state index is 14.0. The van der Waals surface area contributed by atoms with E-state index in [2.05, 4.69) is 0 Å². The summed E-state index contributed by atoms with van der Waals surface area (Å²) in [4.78, 5) is 11.5. The highest BCUT2D eigenvalue weighted by Crippen LogP contribution is 2.44. The Morgan fingerprint density at radius 2 is 1.81 bits per heavy atom. The van der Waals surface area contributed by atoms with Gasteiger partial charge in [0, 0.05) is 27.9 Å². The number of rotatable bonds is 6. The molecule has 32 heavy (non-hydrogen) atoms. The van der Waals surface area contributed by atoms with Crippen molar-refractivity contribution in [3.05, 3.63) is 93.5 Å². The monoisotopic (exact) mass is 455 g/mol. The van der Waals surface area contributed by atoms with Crippen LogP contribution in [0.2, 0.25) is 5.02 Å². The first kappa shape index (κ1) is 21.8. The quantitative estimate of drug-likeness (QED) is 0.412. The van der Waals surface area contributed by atoms with E-state index in [0.29, 0.717) is 10.8 Å². The van der Waals surface area contributed by atoms with Gasteiger partial charge in [-0.15, -0.1) is 0 Å². The van der Waals surface area contributed by atoms with Crippen LogP contribution in [0, 0.1) is 11.6 Å². The predicted octanol–water partition coefficient (Wildman–Crippen LogP) is 6.57. The molecule has 0 saturated heterocycles. The van der Waals surface area contributed by atoms with E-state index in [4.69, 9.17) is 22.1 Å². The van der Waals surface area contributed by atoms with Gasteiger partial charge in [-0.25, -0.2) is 13.6 Å². The van der Waals surface area contributed by atoms with Crippen molar-refractivity contribution in [3.63, 3.8) is 0 Å². The number of carbonyl (C=O) groups is 1. The summed E-state index contributed by atoms with van der Waals surface area (Å²) in [5.41, 5.74) is 9.82. The first-order valence-corrected chi connectivity index (χ1v) is 10.4. The third-order valence-corrected chi connectivity index (χ3v) is 5.75. The minimum absolute atomic E-state index is 0.0515. The third-order valence-electron chi connectivity index (χ3n) is 5.52. The number of aromatic carboxylic acids is 1. The molecule has 164 valence electrons. The first-order valence-electron chi connectivity index (χ1n) is 10.1. The number of anilines is 1. The Kier molecular flexibility index (Phi) is 6.15. The molecule has 0 atom stereocenters. The van der Waals surface area contributed by atoms with Gasteiger partial charge in [0.1, 0.15) is 24.0 Å². The summed E-state index contributed by atoms with van der Waals surface area (Å²) in [5.74, 6) is -1.90. The Balaban J connectivity index is 1.73. The topological polar surface area (TPSA) is 72.5 Å². The van der Waals surface area contributed by atoms with Gasteiger partial charge in [0.15, 0.2) is 0 Å². The van der Waals surface area contributed by atoms with E-state index in [9.17, 15) is 18.7 Å². The Labute approximate surface area is 188 Å². The molecule has 4 nitrogen and oxygen atoms in total. The van der Waals surface area contributed by atoms with Crippen LogP contribution in [0.3, 0.4) is 0 Å². The molecule has 0 fully saturated rings. The van der Waals surface area contributed by atoms with Crippen molar-refractivity contribution in [1.82, 2.24) is 0 Å². The van der Waals surface area contributed by atoms with Crippen LogP contribution in [0.5, 0.6) is 5.75 Å². The van der Waals surface area contributed by atoms with Gasteiger partial charge in [-0.05, 0) is 78.4 Å². The van der Waals surface area contributed by atoms with E-state index in [-0.39, 0.29) is 23.4 Å². The van der Waals surface area contributed by atoms with Crippen LogP contribution in [-0.2, 0) is 6.61 Å². The standard InChI is InChI=1S/C25H20ClF2NO3/c26-16-6-9-24(32-13-15-4-7-17(27)12-22(15)28)20(11-16)19-3-1-2-18(19)14-5-8-23(29)21(10-14)25(30)31/h4-12H,1-3,13,29H2,(H,30,31). The fourth-order valence-electron chi connectivity index (χ4n) is 3.95. The normalized spacial score (nSPS) is 13.5. The highest BCUT2D eigenvalue weighted by molar-refractivity contribution is 6.30. The number of carboxylic acid groups (broad SMARTS) is 1. The average Bonchev–Trinajstić information content (AvgIpc) is 3.23. The number of ether oxygens (including phenoxy) is 1. The maximum Gasteiger partial charge on any atom is 0.337 e. The molecule has 0 unspecified atom stereocenters. The molecule has 1 aliphatic rings. The first-order chi connectivity index (χ1) is 15.3. The summed E-state index contributed by atoms with van der Waals surface area (Å²) in [6.07, 6.45) is 2.40. The highest BCUT2D eigenvalue weighted by Gasteiger charge is 2.22. The maximum atomic E-state index is 14.0. The van der Waals surface area contributed by atoms with Gasteiger partial charge < -0.3 is 15.6 Å². The fourth-order valence-corrected chi connectivity index (χ4v) is 4.12. The van der Waals surface area contributed by atoms with Gasteiger partial charge >= 0.3 is 5.97 Å². The van der Waals surface area contributed by atoms with Crippen LogP contribution >= 0.6 is 11.6 Å². The zero-order valence-electron chi connectivity index (χ0n) is 17.0. The summed E-state index contributed by atoms with van der Waals surface area (Å²) in [7, 11) is 0. The van der Waals surface area contributed by atoms with Crippen molar-refractivity contribution in [3.8, 4) is 5.75 Å². The molecule has 7 heteroatoms. The van der Waals surface area contributed by atoms with Gasteiger partial charge in [0.25, 0.3) is 0 Å². The van der Waals surface area contributed by atoms with Crippen molar-refractivity contribution in [2.75, 3.05) is 5.73 Å². The zero-order chi connectivity index (χ0) is 22.8. The summed E-state index contributed by atoms with van der Waals surface area (Å²) >= 11 is 6.26. The van der Waals surface area contributed by atoms with Crippen molar-refractivity contribution in [1.29, 1.82) is 0 Å². The van der Waals surface area contributed by atoms with Crippen LogP contribution < -0.4 is 10.5 Å². The van der Waals surface area contributed by atoms with Crippen molar-refractivity contribution >= 4 is 34.4 Å². The van der Waals surface area contributed by atoms with Crippen LogP contribution in [0.15, 0.2) is 54.6 Å². The number of hydrogen-bond acceptors (Lipinski definition) is 3. The van der Waals surface area contributed by atoms with E-state index in [1.807, 2.05) is 0 Å². The lowest BCUT2D eigenvalue weighted by Gasteiger charge is -2.16. The number of nitrogens with two attached hydrogens (primary N) is 1. The van der Waals surface area contributed by atoms with Gasteiger partial charge in [-0.3, -0.25) is 0 Å². The number of hydrogen-bond donors (Lipinski definition) is 2. The van der Waals surface area contributed by atoms with Crippen LogP contribution in [0.4, 0.5) is 14.5 Å². The van der Waals surface area contributed by atoms with Gasteiger partial charge in [-0.1, -0.05) is 17.7 Å². The van der Waals surface area contributed by atoms with Crippen molar-refractivity contribution in [2.24, 2.45) is 0 Å². The molecular formula is C25H20ClF2NO3. The van der Waals surface area contributed by atoms with E-state index >= 15 is 0 Å². The Hall–Kier alpha value is -3.38. The minimum atomic E-state index is -1.09. The fraction of sp³-hybridized carbons (Fsp3) is 0.160. The zero-order valence-corrected chi connectivity index (χ0v) is 17.8. The average molecular weight is 456 g/mol. The number of benzene rings is 3. The molecule has 3 aromatic rings. The molecule has 3 N–H and O–H groups in total. The smallest absolute Gasteiger partial charge is 0.337 e. The molecule has 4 rings (SSSR count). The number of allylic oxidation sites excluding steroid dienone is 2. The molecule has 0 heterocycles. The van der Waals surface area contributed by atoms with E-state index < -0.39 is 17.6 Å². The molecule has 0 bridgehead atoms. The molecule has 0 radical (unpaired) electrons. The van der Waals surface area contributed by atoms with Crippen LogP contribution in [-0.4, -0.2) is 11.1 Å². The molecule has 0 amide bonds. The van der Waals surface area contributed by atoms with Gasteiger partial charge in [-0.2, -0.15) is 0 Å². The van der Waals surface area contributed by atoms with Crippen molar-refractivity contribution in [2.45, 2.75) is 25.9 Å². The molecular weight excluding hydrogens is 436 g/mol. The Morgan fingerprint density at radius 3 is 2.56 bits per heavy atom. The highest BCUT2D eigenvalue weighted by atomic mass is 35.5. The Morgan fingerprint density at radius 1 is 1.03 bits per heavy atom. The largest absolute Gasteiger partial charge is 0.488 e. The molecule has 1 aliphatic carbocycles. The lowest BCUT2D eigenvalue weighted by molar-refractivity contribution is 0.0698. The van der Waals surface area contributed by atoms with Gasteiger partial charge in [0.2, 0.25) is 0 Å². The lowest BCUT2D eigenvalue weighted by Crippen LogP contribution is -2.03. The summed E-state index contributed by atoms with van der Waals surface area (Å²) in [6, 6.07) is 13.5. The summed E-state index contributed by atoms with van der Waals surface area (Å²) in [6.45, 7) is -0.0750.